The summed E-state index contributed by atoms with van der Waals surface area (Å²) in [7, 11) is 1.25. The minimum Gasteiger partial charge on any atom is -0.453 e. The number of rotatable bonds is 6. The minimum atomic E-state index is -0.676. The third-order valence-corrected chi connectivity index (χ3v) is 8.46. The number of tetrazole rings is 1. The van der Waals surface area contributed by atoms with Crippen LogP contribution in [0.1, 0.15) is 48.8 Å². The van der Waals surface area contributed by atoms with E-state index in [0.717, 1.165) is 0 Å². The van der Waals surface area contributed by atoms with Crippen molar-refractivity contribution in [2.24, 2.45) is 0 Å². The monoisotopic (exact) mass is 685 g/mol. The second-order valence-corrected chi connectivity index (χ2v) is 12.0. The number of likely N-dealkylation sites (tertiary alicyclic amines) is 1. The molecule has 4 heterocycles. The van der Waals surface area contributed by atoms with Crippen molar-refractivity contribution >= 4 is 47.0 Å². The van der Waals surface area contributed by atoms with Crippen LogP contribution >= 0.6 is 11.6 Å². The number of benzene rings is 2. The summed E-state index contributed by atoms with van der Waals surface area (Å²) in [5.74, 6) is -0.211. The average molecular weight is 686 g/mol. The number of nitrogens with zero attached hydrogens (tertiary/aromatic N) is 7. The average Bonchev–Trinajstić information content (AvgIpc) is 3.77. The van der Waals surface area contributed by atoms with Gasteiger partial charge in [-0.3, -0.25) is 14.9 Å². The summed E-state index contributed by atoms with van der Waals surface area (Å²) in [5, 5.41) is 40.6. The van der Waals surface area contributed by atoms with Gasteiger partial charge in [-0.05, 0) is 65.7 Å². The number of aromatic nitrogens is 6. The molecule has 0 saturated carbocycles. The number of halogens is 1. The van der Waals surface area contributed by atoms with Gasteiger partial charge in [-0.2, -0.15) is 9.94 Å². The molecule has 2 aromatic carbocycles. The number of imidazole rings is 1. The number of H-pyrrole nitrogens is 1. The number of nitrogens with one attached hydrogen (secondary N) is 4. The first kappa shape index (κ1) is 33.1. The van der Waals surface area contributed by atoms with Gasteiger partial charge >= 0.3 is 6.09 Å². The fourth-order valence-corrected chi connectivity index (χ4v) is 5.93. The molecule has 252 valence electrons. The molecule has 1 saturated heterocycles. The number of aromatic amines is 1. The fourth-order valence-electron chi connectivity index (χ4n) is 5.75. The Morgan fingerprint density at radius 3 is 2.71 bits per heavy atom. The number of carbonyl (C=O) groups is 3. The predicted octanol–water partition coefficient (Wildman–Crippen LogP) is 3.18. The molecule has 5 N–H and O–H groups in total. The Balaban J connectivity index is 1.32. The van der Waals surface area contributed by atoms with Crippen LogP contribution in [0.15, 0.2) is 48.8 Å². The summed E-state index contributed by atoms with van der Waals surface area (Å²) >= 11 is 6.23. The molecule has 4 aromatic rings. The Kier molecular flexibility index (Phi) is 9.83. The van der Waals surface area contributed by atoms with Gasteiger partial charge in [0.2, 0.25) is 11.8 Å². The van der Waals surface area contributed by atoms with E-state index < -0.39 is 30.2 Å². The summed E-state index contributed by atoms with van der Waals surface area (Å²) < 4.78 is 6.19. The standard InChI is InChI=1S/C32H32ClN11O5/c1-49-32(48)36-20-8-9-22-25(13-20)37-24(31(47)43-15-21(45)16-43)5-3-2-4-23(30-39-26(14-34)29(22)40-30)38-28(46)11-6-18-12-19(33)7-10-27(18)44-17-35-41-42-44/h6-13,17,21,23-24,37,45H,2-5,15-16H2,1H3,(H,36,48)(H,38,46)(H,39,40)/t23-,24+/m0/s1. The molecule has 17 heteroatoms. The first-order valence-electron chi connectivity index (χ1n) is 15.5. The molecule has 0 unspecified atom stereocenters. The lowest BCUT2D eigenvalue weighted by Gasteiger charge is -2.38. The zero-order valence-corrected chi connectivity index (χ0v) is 27.0. The number of amides is 3. The predicted molar refractivity (Wildman–Crippen MR) is 177 cm³/mol. The van der Waals surface area contributed by atoms with Gasteiger partial charge in [-0.25, -0.2) is 9.78 Å². The number of carbonyl (C=O) groups excluding carboxylic acids is 3. The summed E-state index contributed by atoms with van der Waals surface area (Å²) in [5.41, 5.74) is 3.02. The number of fused-ring (bicyclic) bond motifs is 4. The van der Waals surface area contributed by atoms with Crippen molar-refractivity contribution in [1.29, 1.82) is 5.26 Å². The number of β-amino-alcohol motifs (C(OH)–C–C–N with tert-alkyl or cyclic N) is 1. The molecule has 2 aliphatic heterocycles. The van der Waals surface area contributed by atoms with E-state index in [2.05, 4.69) is 42.5 Å². The van der Waals surface area contributed by atoms with Gasteiger partial charge < -0.3 is 30.4 Å². The summed E-state index contributed by atoms with van der Waals surface area (Å²) in [6.45, 7) is 0.478. The maximum atomic E-state index is 13.5. The van der Waals surface area contributed by atoms with E-state index in [9.17, 15) is 24.8 Å². The Morgan fingerprint density at radius 2 is 1.98 bits per heavy atom. The van der Waals surface area contributed by atoms with Crippen molar-refractivity contribution in [1.82, 2.24) is 40.4 Å². The normalized spacial score (nSPS) is 17.8. The largest absolute Gasteiger partial charge is 0.453 e. The van der Waals surface area contributed by atoms with Crippen molar-refractivity contribution in [3.05, 3.63) is 70.9 Å². The third-order valence-electron chi connectivity index (χ3n) is 8.22. The molecule has 0 aliphatic carbocycles. The number of aliphatic hydroxyl groups is 1. The Morgan fingerprint density at radius 1 is 1.16 bits per heavy atom. The first-order valence-corrected chi connectivity index (χ1v) is 15.8. The highest BCUT2D eigenvalue weighted by Gasteiger charge is 2.34. The fraction of sp³-hybridized carbons (Fsp3) is 0.312. The van der Waals surface area contributed by atoms with Gasteiger partial charge in [-0.1, -0.05) is 24.4 Å². The Bertz CT molecular complexity index is 1930. The highest BCUT2D eigenvalue weighted by Crippen LogP contribution is 2.35. The van der Waals surface area contributed by atoms with Gasteiger partial charge in [0, 0.05) is 46.7 Å². The Labute approximate surface area is 285 Å². The van der Waals surface area contributed by atoms with E-state index in [1.165, 1.54) is 24.2 Å². The molecular weight excluding hydrogens is 654 g/mol. The lowest BCUT2D eigenvalue weighted by molar-refractivity contribution is -0.142. The minimum absolute atomic E-state index is 0.152. The van der Waals surface area contributed by atoms with Crippen LogP contribution in [0.5, 0.6) is 0 Å². The molecule has 6 rings (SSSR count). The first-order chi connectivity index (χ1) is 23.7. The topological polar surface area (TPSA) is 216 Å². The van der Waals surface area contributed by atoms with Gasteiger partial charge in [0.1, 0.15) is 35.7 Å². The van der Waals surface area contributed by atoms with Crippen LogP contribution in [-0.2, 0) is 14.3 Å². The van der Waals surface area contributed by atoms with Crippen molar-refractivity contribution in [2.75, 3.05) is 30.8 Å². The number of anilines is 2. The summed E-state index contributed by atoms with van der Waals surface area (Å²) in [6, 6.07) is 10.9. The highest BCUT2D eigenvalue weighted by atomic mass is 35.5. The molecule has 2 bridgehead atoms. The quantitative estimate of drug-likeness (QED) is 0.186. The molecule has 1 fully saturated rings. The highest BCUT2D eigenvalue weighted by molar-refractivity contribution is 6.30. The van der Waals surface area contributed by atoms with E-state index in [4.69, 9.17) is 21.3 Å². The van der Waals surface area contributed by atoms with Gasteiger partial charge in [-0.15, -0.1) is 5.10 Å². The lowest BCUT2D eigenvalue weighted by atomic mass is 10.00. The number of aliphatic hydroxyl groups excluding tert-OH is 1. The van der Waals surface area contributed by atoms with E-state index in [1.807, 2.05) is 0 Å². The van der Waals surface area contributed by atoms with Crippen molar-refractivity contribution in [3.63, 3.8) is 0 Å². The zero-order chi connectivity index (χ0) is 34.5. The number of hydrogen-bond acceptors (Lipinski definition) is 11. The maximum absolute atomic E-state index is 13.5. The van der Waals surface area contributed by atoms with Gasteiger partial charge in [0.25, 0.3) is 0 Å². The zero-order valence-electron chi connectivity index (χ0n) is 26.3. The van der Waals surface area contributed by atoms with Crippen LogP contribution in [0, 0.1) is 11.3 Å². The van der Waals surface area contributed by atoms with Crippen molar-refractivity contribution in [2.45, 2.75) is 43.9 Å². The molecule has 2 aromatic heterocycles. The van der Waals surface area contributed by atoms with Crippen molar-refractivity contribution in [3.8, 4) is 23.0 Å². The van der Waals surface area contributed by atoms with Crippen molar-refractivity contribution < 1.29 is 24.2 Å². The second-order valence-electron chi connectivity index (χ2n) is 11.6. The van der Waals surface area contributed by atoms with E-state index in [1.54, 1.807) is 47.4 Å². The van der Waals surface area contributed by atoms with Crippen LogP contribution in [0.25, 0.3) is 23.0 Å². The van der Waals surface area contributed by atoms with Gasteiger partial charge in [0.05, 0.1) is 24.9 Å². The maximum Gasteiger partial charge on any atom is 0.411 e. The molecule has 2 atom stereocenters. The molecule has 2 aliphatic rings. The molecule has 0 spiro atoms. The number of nitriles is 1. The molecule has 49 heavy (non-hydrogen) atoms. The van der Waals surface area contributed by atoms with Crippen LogP contribution in [0.4, 0.5) is 16.2 Å². The van der Waals surface area contributed by atoms with E-state index >= 15 is 0 Å². The van der Waals surface area contributed by atoms with Crippen LogP contribution in [0.2, 0.25) is 5.02 Å². The van der Waals surface area contributed by atoms with Crippen LogP contribution < -0.4 is 16.0 Å². The number of ether oxygens (including phenoxy) is 1. The third kappa shape index (κ3) is 7.53. The molecule has 3 amide bonds. The Hall–Kier alpha value is -5.79. The SMILES string of the molecule is COC(=O)Nc1ccc2c(c1)N[C@@H](C(=O)N1CC(O)C1)CCCC[C@H](NC(=O)C=Cc1cc(Cl)ccc1-n1cnnn1)c1nc-2c(C#N)[nH]1. The van der Waals surface area contributed by atoms with Crippen LogP contribution in [-0.4, -0.2) is 90.4 Å². The number of methoxy groups -OCH3 is 1. The van der Waals surface area contributed by atoms with E-state index in [0.29, 0.717) is 70.4 Å². The molecular formula is C32H32ClN11O5. The van der Waals surface area contributed by atoms with Gasteiger partial charge in [0.15, 0.2) is 0 Å². The summed E-state index contributed by atoms with van der Waals surface area (Å²) in [4.78, 5) is 48.3. The summed E-state index contributed by atoms with van der Waals surface area (Å²) in [6.07, 6.45) is 5.28. The second kappa shape index (κ2) is 14.5. The number of hydrogen-bond donors (Lipinski definition) is 5. The smallest absolute Gasteiger partial charge is 0.411 e. The molecule has 0 radical (unpaired) electrons. The molecule has 16 nitrogen and oxygen atoms in total. The van der Waals surface area contributed by atoms with Crippen LogP contribution in [0.3, 0.4) is 0 Å². The lowest BCUT2D eigenvalue weighted by Crippen LogP contribution is -2.57. The van der Waals surface area contributed by atoms with E-state index in [-0.39, 0.29) is 24.7 Å².